The predicted molar refractivity (Wildman–Crippen MR) is 84.9 cm³/mol. The van der Waals surface area contributed by atoms with E-state index in [1.165, 1.54) is 6.92 Å². The van der Waals surface area contributed by atoms with E-state index in [4.69, 9.17) is 4.74 Å². The maximum absolute atomic E-state index is 11.9. The van der Waals surface area contributed by atoms with Crippen LogP contribution in [-0.2, 0) is 0 Å². The summed E-state index contributed by atoms with van der Waals surface area (Å²) in [7, 11) is 0. The third-order valence-corrected chi connectivity index (χ3v) is 3.61. The molecule has 0 aliphatic heterocycles. The van der Waals surface area contributed by atoms with Gasteiger partial charge in [0.05, 0.1) is 6.61 Å². The molecule has 130 valence electrons. The van der Waals surface area contributed by atoms with Crippen molar-refractivity contribution in [1.29, 1.82) is 0 Å². The monoisotopic (exact) mass is 330 g/mol. The van der Waals surface area contributed by atoms with E-state index in [0.717, 1.165) is 32.1 Å². The molecule has 0 radical (unpaired) electrons. The van der Waals surface area contributed by atoms with E-state index in [-0.39, 0.29) is 12.2 Å². The van der Waals surface area contributed by atoms with E-state index in [1.807, 2.05) is 6.07 Å². The Morgan fingerprint density at radius 1 is 1.00 bits per heavy atom. The number of rotatable bonds is 11. The number of hydrogen-bond donors (Lipinski definition) is 0. The summed E-state index contributed by atoms with van der Waals surface area (Å²) in [5, 5.41) is 0. The van der Waals surface area contributed by atoms with Crippen molar-refractivity contribution in [2.24, 2.45) is 0 Å². The lowest BCUT2D eigenvalue weighted by atomic mass is 10.1. The van der Waals surface area contributed by atoms with Crippen molar-refractivity contribution in [3.8, 4) is 5.75 Å². The highest BCUT2D eigenvalue weighted by molar-refractivity contribution is 5.94. The number of alkyl halides is 3. The molecular weight excluding hydrogens is 305 g/mol. The number of benzene rings is 1. The van der Waals surface area contributed by atoms with Gasteiger partial charge in [-0.3, -0.25) is 4.79 Å². The maximum atomic E-state index is 11.9. The first-order chi connectivity index (χ1) is 10.9. The fourth-order valence-corrected chi connectivity index (χ4v) is 2.31. The fourth-order valence-electron chi connectivity index (χ4n) is 2.31. The molecule has 0 aromatic heterocycles. The zero-order valence-corrected chi connectivity index (χ0v) is 13.6. The van der Waals surface area contributed by atoms with Crippen molar-refractivity contribution < 1.29 is 22.7 Å². The van der Waals surface area contributed by atoms with Gasteiger partial charge in [-0.2, -0.15) is 13.2 Å². The summed E-state index contributed by atoms with van der Waals surface area (Å²) in [5.41, 5.74) is 0.640. The Labute approximate surface area is 136 Å². The molecule has 0 heterocycles. The van der Waals surface area contributed by atoms with Gasteiger partial charge < -0.3 is 4.74 Å². The van der Waals surface area contributed by atoms with Crippen LogP contribution < -0.4 is 4.74 Å². The van der Waals surface area contributed by atoms with Gasteiger partial charge >= 0.3 is 6.18 Å². The summed E-state index contributed by atoms with van der Waals surface area (Å²) >= 11 is 0. The number of halogens is 3. The lowest BCUT2D eigenvalue weighted by Crippen LogP contribution is -2.06. The van der Waals surface area contributed by atoms with Crippen LogP contribution >= 0.6 is 0 Å². The Hall–Kier alpha value is -1.52. The zero-order chi connectivity index (χ0) is 17.1. The number of ether oxygens (including phenoxy) is 1. The van der Waals surface area contributed by atoms with Gasteiger partial charge in [-0.1, -0.05) is 44.2 Å². The molecule has 2 nitrogen and oxygen atoms in total. The van der Waals surface area contributed by atoms with Gasteiger partial charge in [0.25, 0.3) is 0 Å². The fraction of sp³-hybridized carbons (Fsp3) is 0.611. The topological polar surface area (TPSA) is 26.3 Å². The Bertz CT molecular complexity index is 470. The van der Waals surface area contributed by atoms with Gasteiger partial charge in [-0.25, -0.2) is 0 Å². The summed E-state index contributed by atoms with van der Waals surface area (Å²) in [6, 6.07) is 7.12. The molecule has 5 heteroatoms. The molecule has 0 unspecified atom stereocenters. The van der Waals surface area contributed by atoms with Crippen LogP contribution in [0.3, 0.4) is 0 Å². The van der Waals surface area contributed by atoms with Crippen LogP contribution in [0.15, 0.2) is 24.3 Å². The molecule has 0 amide bonds. The van der Waals surface area contributed by atoms with Crippen molar-refractivity contribution in [3.63, 3.8) is 0 Å². The van der Waals surface area contributed by atoms with Crippen LogP contribution in [-0.4, -0.2) is 18.6 Å². The number of carbonyl (C=O) groups is 1. The van der Waals surface area contributed by atoms with Crippen molar-refractivity contribution in [2.75, 3.05) is 6.61 Å². The van der Waals surface area contributed by atoms with Crippen LogP contribution in [0.5, 0.6) is 5.75 Å². The molecule has 0 aliphatic carbocycles. The summed E-state index contributed by atoms with van der Waals surface area (Å²) < 4.78 is 41.4. The molecule has 1 rings (SSSR count). The Balaban J connectivity index is 1.99. The number of unbranched alkanes of at least 4 members (excludes halogenated alkanes) is 6. The minimum Gasteiger partial charge on any atom is -0.494 e. The molecule has 0 saturated heterocycles. The van der Waals surface area contributed by atoms with Crippen LogP contribution in [0.1, 0.15) is 68.6 Å². The van der Waals surface area contributed by atoms with Crippen molar-refractivity contribution in [1.82, 2.24) is 0 Å². The SMILES string of the molecule is CC(=O)c1cccc(OCCCCCCCCCC(F)(F)F)c1. The number of carbonyl (C=O) groups excluding carboxylic acids is 1. The Morgan fingerprint density at radius 2 is 1.61 bits per heavy atom. The normalized spacial score (nSPS) is 11.5. The maximum Gasteiger partial charge on any atom is 0.389 e. The van der Waals surface area contributed by atoms with E-state index in [9.17, 15) is 18.0 Å². The summed E-state index contributed by atoms with van der Waals surface area (Å²) in [4.78, 5) is 11.3. The largest absolute Gasteiger partial charge is 0.494 e. The van der Waals surface area contributed by atoms with Gasteiger partial charge in [-0.15, -0.1) is 0 Å². The summed E-state index contributed by atoms with van der Waals surface area (Å²) in [6.07, 6.45) is 0.959. The smallest absolute Gasteiger partial charge is 0.389 e. The highest BCUT2D eigenvalue weighted by atomic mass is 19.4. The standard InChI is InChI=1S/C18H25F3O2/c1-15(22)16-10-9-11-17(14-16)23-13-8-6-4-2-3-5-7-12-18(19,20)21/h9-11,14H,2-8,12-13H2,1H3. The minimum atomic E-state index is -4.02. The molecule has 23 heavy (non-hydrogen) atoms. The minimum absolute atomic E-state index is 0.0148. The van der Waals surface area contributed by atoms with Crippen LogP contribution in [0.4, 0.5) is 13.2 Å². The highest BCUT2D eigenvalue weighted by Gasteiger charge is 2.25. The highest BCUT2D eigenvalue weighted by Crippen LogP contribution is 2.23. The van der Waals surface area contributed by atoms with E-state index in [2.05, 4.69) is 0 Å². The Morgan fingerprint density at radius 3 is 2.22 bits per heavy atom. The second kappa shape index (κ2) is 10.3. The van der Waals surface area contributed by atoms with Crippen molar-refractivity contribution in [3.05, 3.63) is 29.8 Å². The molecule has 0 saturated carbocycles. The molecule has 0 fully saturated rings. The first kappa shape index (κ1) is 19.5. The number of Topliss-reactive ketones (excluding diaryl/α,β-unsaturated/α-hetero) is 1. The van der Waals surface area contributed by atoms with Gasteiger partial charge in [0.1, 0.15) is 5.75 Å². The van der Waals surface area contributed by atoms with Crippen molar-refractivity contribution >= 4 is 5.78 Å². The summed E-state index contributed by atoms with van der Waals surface area (Å²) in [6.45, 7) is 2.11. The van der Waals surface area contributed by atoms with Gasteiger partial charge in [0.2, 0.25) is 0 Å². The molecular formula is C18H25F3O2. The van der Waals surface area contributed by atoms with Gasteiger partial charge in [0, 0.05) is 12.0 Å². The molecule has 1 aromatic rings. The quantitative estimate of drug-likeness (QED) is 0.370. The van der Waals surface area contributed by atoms with E-state index < -0.39 is 12.6 Å². The van der Waals surface area contributed by atoms with E-state index in [1.54, 1.807) is 18.2 Å². The first-order valence-corrected chi connectivity index (χ1v) is 8.19. The average Bonchev–Trinajstić information content (AvgIpc) is 2.48. The van der Waals surface area contributed by atoms with Gasteiger partial charge in [-0.05, 0) is 31.9 Å². The molecule has 0 N–H and O–H groups in total. The van der Waals surface area contributed by atoms with Crippen LogP contribution in [0.25, 0.3) is 0 Å². The molecule has 0 aliphatic rings. The Kier molecular flexibility index (Phi) is 8.74. The lowest BCUT2D eigenvalue weighted by molar-refractivity contribution is -0.135. The molecule has 0 spiro atoms. The first-order valence-electron chi connectivity index (χ1n) is 8.19. The van der Waals surface area contributed by atoms with Crippen LogP contribution in [0.2, 0.25) is 0 Å². The lowest BCUT2D eigenvalue weighted by Gasteiger charge is -2.07. The third kappa shape index (κ3) is 9.97. The zero-order valence-electron chi connectivity index (χ0n) is 13.6. The third-order valence-electron chi connectivity index (χ3n) is 3.61. The van der Waals surface area contributed by atoms with E-state index >= 15 is 0 Å². The average molecular weight is 330 g/mol. The van der Waals surface area contributed by atoms with E-state index in [0.29, 0.717) is 24.3 Å². The van der Waals surface area contributed by atoms with Crippen LogP contribution in [0, 0.1) is 0 Å². The van der Waals surface area contributed by atoms with Crippen molar-refractivity contribution in [2.45, 2.75) is 64.5 Å². The number of ketones is 1. The molecule has 0 atom stereocenters. The second-order valence-electron chi connectivity index (χ2n) is 5.77. The summed E-state index contributed by atoms with van der Waals surface area (Å²) in [5.74, 6) is 0.714. The number of hydrogen-bond acceptors (Lipinski definition) is 2. The molecule has 0 bridgehead atoms. The van der Waals surface area contributed by atoms with Gasteiger partial charge in [0.15, 0.2) is 5.78 Å². The molecule has 1 aromatic carbocycles. The predicted octanol–water partition coefficient (Wildman–Crippen LogP) is 5.95. The second-order valence-corrected chi connectivity index (χ2v) is 5.77.